The van der Waals surface area contributed by atoms with Crippen molar-refractivity contribution in [3.8, 4) is 0 Å². The first-order chi connectivity index (χ1) is 7.86. The number of allylic oxidation sites excluding steroid dienone is 4. The van der Waals surface area contributed by atoms with Gasteiger partial charge in [-0.2, -0.15) is 0 Å². The summed E-state index contributed by atoms with van der Waals surface area (Å²) in [6.07, 6.45) is 9.17. The number of amides is 1. The van der Waals surface area contributed by atoms with Crippen LogP contribution in [0.5, 0.6) is 0 Å². The fourth-order valence-corrected chi connectivity index (χ4v) is 1.32. The lowest BCUT2D eigenvalue weighted by Crippen LogP contribution is -2.28. The van der Waals surface area contributed by atoms with Gasteiger partial charge in [-0.1, -0.05) is 30.4 Å². The molecule has 80 valence electrons. The van der Waals surface area contributed by atoms with Gasteiger partial charge in [0.15, 0.2) is 0 Å². The largest absolute Gasteiger partial charge is 0.348 e. The van der Waals surface area contributed by atoms with Gasteiger partial charge in [0.2, 0.25) is 0 Å². The second kappa shape index (κ2) is 4.98. The van der Waals surface area contributed by atoms with Crippen molar-refractivity contribution in [1.29, 1.82) is 0 Å². The molecule has 1 aliphatic heterocycles. The van der Waals surface area contributed by atoms with Gasteiger partial charge in [-0.25, -0.2) is 0 Å². The van der Waals surface area contributed by atoms with Crippen molar-refractivity contribution in [2.45, 2.75) is 0 Å². The Labute approximate surface area is 94.2 Å². The van der Waals surface area contributed by atoms with Crippen LogP contribution in [0, 0.1) is 0 Å². The quantitative estimate of drug-likeness (QED) is 0.786. The predicted octanol–water partition coefficient (Wildman–Crippen LogP) is 1.93. The average molecular weight is 212 g/mol. The summed E-state index contributed by atoms with van der Waals surface area (Å²) in [7, 11) is 0. The molecule has 2 N–H and O–H groups in total. The summed E-state index contributed by atoms with van der Waals surface area (Å²) < 4.78 is 0. The van der Waals surface area contributed by atoms with Gasteiger partial charge in [-0.05, 0) is 24.3 Å². The van der Waals surface area contributed by atoms with Crippen LogP contribution < -0.4 is 10.6 Å². The zero-order valence-electron chi connectivity index (χ0n) is 8.68. The molecule has 0 aromatic heterocycles. The lowest BCUT2D eigenvalue weighted by molar-refractivity contribution is 0.0964. The molecule has 1 aromatic carbocycles. The highest BCUT2D eigenvalue weighted by Gasteiger charge is 2.05. The third-order valence-corrected chi connectivity index (χ3v) is 2.10. The second-order valence-electron chi connectivity index (χ2n) is 3.29. The van der Waals surface area contributed by atoms with Crippen LogP contribution in [0.1, 0.15) is 10.4 Å². The van der Waals surface area contributed by atoms with E-state index in [1.807, 2.05) is 36.4 Å². The summed E-state index contributed by atoms with van der Waals surface area (Å²) in [6, 6.07) is 9.11. The van der Waals surface area contributed by atoms with E-state index in [2.05, 4.69) is 10.6 Å². The van der Waals surface area contributed by atoms with Crippen LogP contribution in [0.4, 0.5) is 0 Å². The maximum absolute atomic E-state index is 11.8. The molecule has 1 aromatic rings. The van der Waals surface area contributed by atoms with Gasteiger partial charge in [-0.3, -0.25) is 4.79 Å². The minimum atomic E-state index is -0.122. The van der Waals surface area contributed by atoms with Crippen molar-refractivity contribution in [3.05, 3.63) is 72.2 Å². The maximum Gasteiger partial charge on any atom is 0.256 e. The Balaban J connectivity index is 2.06. The number of carbonyl (C=O) groups excluding carboxylic acids is 1. The molecule has 0 fully saturated rings. The van der Waals surface area contributed by atoms with Gasteiger partial charge in [-0.15, -0.1) is 0 Å². The standard InChI is InChI=1S/C13H12N2O/c16-13(11-7-3-1-4-8-11)15-12-9-5-2-6-10-14-12/h1-10,14H,(H,15,16). The van der Waals surface area contributed by atoms with Crippen LogP contribution >= 0.6 is 0 Å². The first kappa shape index (κ1) is 10.2. The third-order valence-electron chi connectivity index (χ3n) is 2.10. The number of benzene rings is 1. The van der Waals surface area contributed by atoms with E-state index in [4.69, 9.17) is 0 Å². The number of hydrogen-bond donors (Lipinski definition) is 2. The highest BCUT2D eigenvalue weighted by molar-refractivity contribution is 5.95. The molecule has 0 saturated carbocycles. The Morgan fingerprint density at radius 2 is 1.88 bits per heavy atom. The summed E-state index contributed by atoms with van der Waals surface area (Å²) >= 11 is 0. The molecule has 0 bridgehead atoms. The zero-order chi connectivity index (χ0) is 11.2. The van der Waals surface area contributed by atoms with Crippen LogP contribution in [-0.2, 0) is 0 Å². The number of rotatable bonds is 2. The van der Waals surface area contributed by atoms with Gasteiger partial charge in [0.05, 0.1) is 0 Å². The SMILES string of the molecule is O=C(NC1=CC=CC=CN1)c1ccccc1. The van der Waals surface area contributed by atoms with E-state index in [0.717, 1.165) is 0 Å². The van der Waals surface area contributed by atoms with E-state index in [1.54, 1.807) is 24.4 Å². The zero-order valence-corrected chi connectivity index (χ0v) is 8.68. The summed E-state index contributed by atoms with van der Waals surface area (Å²) in [5.74, 6) is 0.543. The minimum Gasteiger partial charge on any atom is -0.348 e. The fraction of sp³-hybridized carbons (Fsp3) is 0. The molecule has 0 aliphatic carbocycles. The van der Waals surface area contributed by atoms with Crippen LogP contribution in [0.2, 0.25) is 0 Å². The van der Waals surface area contributed by atoms with Gasteiger partial charge in [0.25, 0.3) is 5.91 Å². The van der Waals surface area contributed by atoms with Crippen molar-refractivity contribution in [3.63, 3.8) is 0 Å². The molecule has 0 atom stereocenters. The lowest BCUT2D eigenvalue weighted by Gasteiger charge is -2.08. The van der Waals surface area contributed by atoms with Crippen molar-refractivity contribution >= 4 is 5.91 Å². The van der Waals surface area contributed by atoms with Crippen molar-refractivity contribution in [2.24, 2.45) is 0 Å². The highest BCUT2D eigenvalue weighted by Crippen LogP contribution is 2.00. The van der Waals surface area contributed by atoms with E-state index in [9.17, 15) is 4.79 Å². The van der Waals surface area contributed by atoms with Crippen LogP contribution in [0.3, 0.4) is 0 Å². The van der Waals surface area contributed by atoms with Crippen LogP contribution in [-0.4, -0.2) is 5.91 Å². The Kier molecular flexibility index (Phi) is 3.18. The molecule has 0 radical (unpaired) electrons. The molecule has 0 spiro atoms. The molecule has 2 rings (SSSR count). The number of nitrogens with one attached hydrogen (secondary N) is 2. The third kappa shape index (κ3) is 2.60. The summed E-state index contributed by atoms with van der Waals surface area (Å²) in [5.41, 5.74) is 0.641. The van der Waals surface area contributed by atoms with Gasteiger partial charge in [0.1, 0.15) is 5.82 Å². The molecule has 3 heteroatoms. The number of carbonyl (C=O) groups is 1. The topological polar surface area (TPSA) is 41.1 Å². The first-order valence-corrected chi connectivity index (χ1v) is 5.03. The van der Waals surface area contributed by atoms with Gasteiger partial charge in [0, 0.05) is 11.8 Å². The second-order valence-corrected chi connectivity index (χ2v) is 3.29. The molecule has 16 heavy (non-hydrogen) atoms. The Hall–Kier alpha value is -2.29. The average Bonchev–Trinajstić information content (AvgIpc) is 2.59. The van der Waals surface area contributed by atoms with Crippen LogP contribution in [0.25, 0.3) is 0 Å². The lowest BCUT2D eigenvalue weighted by atomic mass is 10.2. The van der Waals surface area contributed by atoms with E-state index < -0.39 is 0 Å². The molecule has 3 nitrogen and oxygen atoms in total. The highest BCUT2D eigenvalue weighted by atomic mass is 16.1. The summed E-state index contributed by atoms with van der Waals surface area (Å²) in [5, 5.41) is 5.75. The van der Waals surface area contributed by atoms with Crippen molar-refractivity contribution in [1.82, 2.24) is 10.6 Å². The molecule has 1 heterocycles. The van der Waals surface area contributed by atoms with E-state index in [0.29, 0.717) is 11.4 Å². The molecule has 1 amide bonds. The number of hydrogen-bond acceptors (Lipinski definition) is 2. The van der Waals surface area contributed by atoms with E-state index in [-0.39, 0.29) is 5.91 Å². The van der Waals surface area contributed by atoms with Gasteiger partial charge >= 0.3 is 0 Å². The smallest absolute Gasteiger partial charge is 0.256 e. The first-order valence-electron chi connectivity index (χ1n) is 5.03. The Morgan fingerprint density at radius 1 is 1.06 bits per heavy atom. The Bertz CT molecular complexity index is 458. The summed E-state index contributed by atoms with van der Waals surface area (Å²) in [6.45, 7) is 0. The normalized spacial score (nSPS) is 13.6. The molecular formula is C13H12N2O. The summed E-state index contributed by atoms with van der Waals surface area (Å²) in [4.78, 5) is 11.8. The van der Waals surface area contributed by atoms with Crippen molar-refractivity contribution in [2.75, 3.05) is 0 Å². The van der Waals surface area contributed by atoms with Crippen LogP contribution in [0.15, 0.2) is 66.7 Å². The van der Waals surface area contributed by atoms with Crippen molar-refractivity contribution < 1.29 is 4.79 Å². The monoisotopic (exact) mass is 212 g/mol. The van der Waals surface area contributed by atoms with E-state index in [1.165, 1.54) is 0 Å². The minimum absolute atomic E-state index is 0.122. The predicted molar refractivity (Wildman–Crippen MR) is 63.4 cm³/mol. The fourth-order valence-electron chi connectivity index (χ4n) is 1.32. The maximum atomic E-state index is 11.8. The van der Waals surface area contributed by atoms with E-state index >= 15 is 0 Å². The Morgan fingerprint density at radius 3 is 2.69 bits per heavy atom. The molecular weight excluding hydrogens is 200 g/mol. The molecule has 0 saturated heterocycles. The molecule has 0 unspecified atom stereocenters. The molecule has 1 aliphatic rings. The van der Waals surface area contributed by atoms with Gasteiger partial charge < -0.3 is 10.6 Å².